The normalized spacial score (nSPS) is 15.0. The molecule has 1 atom stereocenters. The topological polar surface area (TPSA) is 86.8 Å². The summed E-state index contributed by atoms with van der Waals surface area (Å²) in [5, 5.41) is 3.28. The first kappa shape index (κ1) is 25.1. The van der Waals surface area contributed by atoms with Crippen molar-refractivity contribution in [2.24, 2.45) is 0 Å². The predicted molar refractivity (Wildman–Crippen MR) is 144 cm³/mol. The maximum absolute atomic E-state index is 12.5. The Hall–Kier alpha value is -3.55. The summed E-state index contributed by atoms with van der Waals surface area (Å²) in [7, 11) is 0. The summed E-state index contributed by atoms with van der Waals surface area (Å²) in [5.41, 5.74) is 7.38. The summed E-state index contributed by atoms with van der Waals surface area (Å²) in [6.45, 7) is 6.04. The molecule has 7 nitrogen and oxygen atoms in total. The molecule has 0 radical (unpaired) electrons. The Kier molecular flexibility index (Phi) is 7.63. The molecule has 3 heterocycles. The highest BCUT2D eigenvalue weighted by molar-refractivity contribution is 6.33. The molecule has 1 amide bonds. The third kappa shape index (κ3) is 5.89. The van der Waals surface area contributed by atoms with Gasteiger partial charge in [0.05, 0.1) is 28.0 Å². The number of imidazole rings is 1. The van der Waals surface area contributed by atoms with E-state index in [2.05, 4.69) is 57.4 Å². The first-order valence-electron chi connectivity index (χ1n) is 12.6. The van der Waals surface area contributed by atoms with Gasteiger partial charge in [0.1, 0.15) is 5.82 Å². The van der Waals surface area contributed by atoms with Gasteiger partial charge in [-0.1, -0.05) is 41.9 Å². The van der Waals surface area contributed by atoms with Crippen molar-refractivity contribution in [2.45, 2.75) is 58.8 Å². The van der Waals surface area contributed by atoms with Gasteiger partial charge in [-0.05, 0) is 61.9 Å². The van der Waals surface area contributed by atoms with Crippen LogP contribution in [0.4, 0.5) is 0 Å². The lowest BCUT2D eigenvalue weighted by Crippen LogP contribution is -2.31. The van der Waals surface area contributed by atoms with E-state index in [0.29, 0.717) is 17.1 Å². The summed E-state index contributed by atoms with van der Waals surface area (Å²) in [6, 6.07) is 14.5. The minimum atomic E-state index is -0.212. The second-order valence-corrected chi connectivity index (χ2v) is 10.0. The number of benzene rings is 1. The van der Waals surface area contributed by atoms with Gasteiger partial charge in [0.15, 0.2) is 0 Å². The highest BCUT2D eigenvalue weighted by Gasteiger charge is 2.28. The van der Waals surface area contributed by atoms with Gasteiger partial charge in [-0.25, -0.2) is 4.98 Å². The fraction of sp³-hybridized carbons (Fsp3) is 0.310. The number of carbonyl (C=O) groups excluding carboxylic acids is 1. The first-order valence-corrected chi connectivity index (χ1v) is 13.0. The van der Waals surface area contributed by atoms with Crippen molar-refractivity contribution in [3.8, 4) is 0 Å². The largest absolute Gasteiger partial charge is 0.348 e. The van der Waals surface area contributed by atoms with Crippen LogP contribution in [-0.2, 0) is 26.1 Å². The van der Waals surface area contributed by atoms with E-state index in [9.17, 15) is 4.79 Å². The molecular weight excluding hydrogens is 484 g/mol. The highest BCUT2D eigenvalue weighted by atomic mass is 35.5. The summed E-state index contributed by atoms with van der Waals surface area (Å²) >= 11 is 6.10. The van der Waals surface area contributed by atoms with Crippen molar-refractivity contribution in [1.82, 2.24) is 30.2 Å². The molecule has 37 heavy (non-hydrogen) atoms. The Balaban J connectivity index is 1.31. The Bertz CT molecular complexity index is 1380. The number of aryl methyl sites for hydroxylation is 3. The Morgan fingerprint density at radius 3 is 2.68 bits per heavy atom. The minimum absolute atomic E-state index is 0.212. The quantitative estimate of drug-likeness (QED) is 0.325. The second kappa shape index (κ2) is 11.2. The maximum atomic E-state index is 12.5. The standard InChI is InChI=1S/C29H31ClN6O/c1-19-26(35-20(2)34-19)18-36(27-7-3-5-23-6-4-13-32-28(23)27)17-22-10-8-21(9-11-22)15-33-29(37)24-12-14-31-16-25(24)30/h4,6,8-14,16,27H,3,5,7,15,17-18H2,1-2H3,(H,33,37)(H,34,35). The van der Waals surface area contributed by atoms with Crippen LogP contribution >= 0.6 is 11.6 Å². The minimum Gasteiger partial charge on any atom is -0.348 e. The third-order valence-corrected chi connectivity index (χ3v) is 7.24. The van der Waals surface area contributed by atoms with E-state index in [0.717, 1.165) is 55.1 Å². The highest BCUT2D eigenvalue weighted by Crippen LogP contribution is 2.35. The number of aromatic nitrogens is 4. The monoisotopic (exact) mass is 514 g/mol. The van der Waals surface area contributed by atoms with E-state index in [1.54, 1.807) is 12.3 Å². The molecule has 1 aliphatic carbocycles. The van der Waals surface area contributed by atoms with E-state index in [1.165, 1.54) is 23.0 Å². The van der Waals surface area contributed by atoms with Crippen molar-refractivity contribution in [1.29, 1.82) is 0 Å². The molecule has 0 spiro atoms. The van der Waals surface area contributed by atoms with Crippen LogP contribution in [0.25, 0.3) is 0 Å². The molecule has 1 aliphatic rings. The van der Waals surface area contributed by atoms with E-state index in [4.69, 9.17) is 21.6 Å². The number of nitrogens with one attached hydrogen (secondary N) is 2. The van der Waals surface area contributed by atoms with E-state index in [1.807, 2.05) is 19.2 Å². The number of pyridine rings is 2. The number of hydrogen-bond donors (Lipinski definition) is 2. The summed E-state index contributed by atoms with van der Waals surface area (Å²) in [6.07, 6.45) is 8.25. The number of nitrogens with zero attached hydrogens (tertiary/aromatic N) is 4. The number of hydrogen-bond acceptors (Lipinski definition) is 5. The molecule has 0 saturated carbocycles. The van der Waals surface area contributed by atoms with Crippen LogP contribution in [-0.4, -0.2) is 30.7 Å². The number of carbonyl (C=O) groups is 1. The van der Waals surface area contributed by atoms with Crippen LogP contribution in [0.2, 0.25) is 5.02 Å². The summed E-state index contributed by atoms with van der Waals surface area (Å²) in [5.74, 6) is 0.727. The molecule has 0 bridgehead atoms. The number of H-pyrrole nitrogens is 1. The zero-order valence-electron chi connectivity index (χ0n) is 21.2. The van der Waals surface area contributed by atoms with Crippen molar-refractivity contribution < 1.29 is 4.79 Å². The number of rotatable bonds is 8. The van der Waals surface area contributed by atoms with Crippen molar-refractivity contribution in [3.05, 3.63) is 111 Å². The van der Waals surface area contributed by atoms with Crippen LogP contribution in [0, 0.1) is 13.8 Å². The molecule has 8 heteroatoms. The second-order valence-electron chi connectivity index (χ2n) is 9.61. The van der Waals surface area contributed by atoms with Gasteiger partial charge in [0.25, 0.3) is 5.91 Å². The molecule has 5 rings (SSSR count). The van der Waals surface area contributed by atoms with Crippen LogP contribution in [0.1, 0.15) is 68.8 Å². The molecular formula is C29H31ClN6O. The fourth-order valence-corrected chi connectivity index (χ4v) is 5.26. The molecule has 2 N–H and O–H groups in total. The lowest BCUT2D eigenvalue weighted by Gasteiger charge is -2.35. The average Bonchev–Trinajstić information content (AvgIpc) is 3.23. The molecule has 0 aliphatic heterocycles. The molecule has 4 aromatic rings. The predicted octanol–water partition coefficient (Wildman–Crippen LogP) is 5.48. The third-order valence-electron chi connectivity index (χ3n) is 6.94. The lowest BCUT2D eigenvalue weighted by molar-refractivity contribution is 0.0951. The van der Waals surface area contributed by atoms with Gasteiger partial charge in [-0.3, -0.25) is 19.7 Å². The Morgan fingerprint density at radius 2 is 1.92 bits per heavy atom. The average molecular weight is 515 g/mol. The number of amides is 1. The van der Waals surface area contributed by atoms with Gasteiger partial charge in [-0.15, -0.1) is 0 Å². The van der Waals surface area contributed by atoms with Gasteiger partial charge >= 0.3 is 0 Å². The molecule has 1 unspecified atom stereocenters. The molecule has 0 fully saturated rings. The number of fused-ring (bicyclic) bond motifs is 1. The van der Waals surface area contributed by atoms with Crippen molar-refractivity contribution in [3.63, 3.8) is 0 Å². The van der Waals surface area contributed by atoms with Gasteiger partial charge in [0.2, 0.25) is 0 Å². The SMILES string of the molecule is Cc1nc(CN(Cc2ccc(CNC(=O)c3ccncc3Cl)cc2)C2CCCc3cccnc32)c(C)[nH]1. The van der Waals surface area contributed by atoms with Crippen molar-refractivity contribution in [2.75, 3.05) is 0 Å². The van der Waals surface area contributed by atoms with Crippen LogP contribution in [0.3, 0.4) is 0 Å². The van der Waals surface area contributed by atoms with Gasteiger partial charge < -0.3 is 10.3 Å². The molecule has 3 aromatic heterocycles. The smallest absolute Gasteiger partial charge is 0.253 e. The number of halogens is 1. The van der Waals surface area contributed by atoms with E-state index >= 15 is 0 Å². The summed E-state index contributed by atoms with van der Waals surface area (Å²) in [4.78, 5) is 31.8. The van der Waals surface area contributed by atoms with Crippen LogP contribution in [0.15, 0.2) is 61.1 Å². The maximum Gasteiger partial charge on any atom is 0.253 e. The summed E-state index contributed by atoms with van der Waals surface area (Å²) < 4.78 is 0. The Morgan fingerprint density at radius 1 is 1.11 bits per heavy atom. The molecule has 0 saturated heterocycles. The van der Waals surface area contributed by atoms with Crippen molar-refractivity contribution >= 4 is 17.5 Å². The van der Waals surface area contributed by atoms with Crippen LogP contribution < -0.4 is 5.32 Å². The first-order chi connectivity index (χ1) is 18.0. The van der Waals surface area contributed by atoms with E-state index < -0.39 is 0 Å². The van der Waals surface area contributed by atoms with Crippen LogP contribution in [0.5, 0.6) is 0 Å². The van der Waals surface area contributed by atoms with Gasteiger partial charge in [-0.2, -0.15) is 0 Å². The molecule has 1 aromatic carbocycles. The van der Waals surface area contributed by atoms with Gasteiger partial charge in [0, 0.05) is 43.9 Å². The zero-order chi connectivity index (χ0) is 25.8. The fourth-order valence-electron chi connectivity index (χ4n) is 5.05. The number of aromatic amines is 1. The Labute approximate surface area is 222 Å². The molecule has 190 valence electrons. The van der Waals surface area contributed by atoms with E-state index in [-0.39, 0.29) is 11.9 Å². The zero-order valence-corrected chi connectivity index (χ0v) is 21.9. The lowest BCUT2D eigenvalue weighted by atomic mass is 9.90.